The first kappa shape index (κ1) is 15.3. The van der Waals surface area contributed by atoms with Gasteiger partial charge in [-0.2, -0.15) is 0 Å². The molecule has 0 radical (unpaired) electrons. The van der Waals surface area contributed by atoms with E-state index in [1.165, 1.54) is 18.2 Å². The molecule has 0 aromatic heterocycles. The fourth-order valence-electron chi connectivity index (χ4n) is 1.84. The SMILES string of the molecule is COc1ccc(/C=C/C(=O)c2cc(C(=O)O)ccc2O)cc1. The number of ketones is 1. The molecule has 5 nitrogen and oxygen atoms in total. The van der Waals surface area contributed by atoms with Gasteiger partial charge in [-0.05, 0) is 42.0 Å². The van der Waals surface area contributed by atoms with Gasteiger partial charge in [0.25, 0.3) is 0 Å². The van der Waals surface area contributed by atoms with Crippen LogP contribution in [0.1, 0.15) is 26.3 Å². The topological polar surface area (TPSA) is 83.8 Å². The number of allylic oxidation sites excluding steroid dienone is 1. The highest BCUT2D eigenvalue weighted by molar-refractivity contribution is 6.09. The van der Waals surface area contributed by atoms with Crippen LogP contribution in [-0.2, 0) is 0 Å². The van der Waals surface area contributed by atoms with Crippen molar-refractivity contribution in [2.75, 3.05) is 7.11 Å². The van der Waals surface area contributed by atoms with Gasteiger partial charge in [-0.25, -0.2) is 4.79 Å². The molecular weight excluding hydrogens is 284 g/mol. The molecular formula is C17H14O5. The first-order valence-corrected chi connectivity index (χ1v) is 6.44. The number of methoxy groups -OCH3 is 1. The second-order valence-electron chi connectivity index (χ2n) is 4.51. The van der Waals surface area contributed by atoms with Crippen molar-refractivity contribution in [1.29, 1.82) is 0 Å². The molecule has 0 heterocycles. The van der Waals surface area contributed by atoms with Gasteiger partial charge >= 0.3 is 5.97 Å². The van der Waals surface area contributed by atoms with E-state index in [-0.39, 0.29) is 16.9 Å². The van der Waals surface area contributed by atoms with Crippen LogP contribution in [0.2, 0.25) is 0 Å². The summed E-state index contributed by atoms with van der Waals surface area (Å²) in [6.45, 7) is 0. The van der Waals surface area contributed by atoms with Gasteiger partial charge in [0.15, 0.2) is 5.78 Å². The summed E-state index contributed by atoms with van der Waals surface area (Å²) in [5.41, 5.74) is 0.673. The number of carboxylic acid groups (broad SMARTS) is 1. The summed E-state index contributed by atoms with van der Waals surface area (Å²) in [6.07, 6.45) is 2.86. The first-order chi connectivity index (χ1) is 10.5. The molecule has 2 aromatic carbocycles. The van der Waals surface area contributed by atoms with Crippen LogP contribution in [-0.4, -0.2) is 29.1 Å². The Labute approximate surface area is 127 Å². The van der Waals surface area contributed by atoms with Crippen molar-refractivity contribution in [3.8, 4) is 11.5 Å². The summed E-state index contributed by atoms with van der Waals surface area (Å²) in [5.74, 6) is -1.19. The number of hydrogen-bond acceptors (Lipinski definition) is 4. The van der Waals surface area contributed by atoms with E-state index in [9.17, 15) is 14.7 Å². The highest BCUT2D eigenvalue weighted by atomic mass is 16.5. The van der Waals surface area contributed by atoms with Crippen molar-refractivity contribution in [1.82, 2.24) is 0 Å². The largest absolute Gasteiger partial charge is 0.507 e. The molecule has 22 heavy (non-hydrogen) atoms. The molecule has 0 atom stereocenters. The van der Waals surface area contributed by atoms with Crippen LogP contribution in [0.4, 0.5) is 0 Å². The lowest BCUT2D eigenvalue weighted by molar-refractivity contribution is 0.0697. The van der Waals surface area contributed by atoms with E-state index in [4.69, 9.17) is 9.84 Å². The highest BCUT2D eigenvalue weighted by Crippen LogP contribution is 2.20. The zero-order valence-corrected chi connectivity index (χ0v) is 11.8. The number of phenolic OH excluding ortho intramolecular Hbond substituents is 1. The Morgan fingerprint density at radius 1 is 1.09 bits per heavy atom. The summed E-state index contributed by atoms with van der Waals surface area (Å²) < 4.78 is 5.04. The Balaban J connectivity index is 2.22. The van der Waals surface area contributed by atoms with Crippen LogP contribution in [0.3, 0.4) is 0 Å². The normalized spacial score (nSPS) is 10.6. The molecule has 0 spiro atoms. The van der Waals surface area contributed by atoms with Crippen molar-refractivity contribution in [2.24, 2.45) is 0 Å². The molecule has 2 aromatic rings. The van der Waals surface area contributed by atoms with E-state index < -0.39 is 11.8 Å². The minimum Gasteiger partial charge on any atom is -0.507 e. The summed E-state index contributed by atoms with van der Waals surface area (Å²) >= 11 is 0. The third-order valence-electron chi connectivity index (χ3n) is 3.05. The lowest BCUT2D eigenvalue weighted by Gasteiger charge is -2.02. The molecule has 0 unspecified atom stereocenters. The van der Waals surface area contributed by atoms with Crippen LogP contribution in [0.15, 0.2) is 48.5 Å². The van der Waals surface area contributed by atoms with Gasteiger partial charge in [0, 0.05) is 0 Å². The summed E-state index contributed by atoms with van der Waals surface area (Å²) in [5, 5.41) is 18.6. The van der Waals surface area contributed by atoms with Gasteiger partial charge in [-0.15, -0.1) is 0 Å². The third kappa shape index (κ3) is 3.52. The monoisotopic (exact) mass is 298 g/mol. The number of carboxylic acids is 1. The van der Waals surface area contributed by atoms with Crippen LogP contribution >= 0.6 is 0 Å². The minimum atomic E-state index is -1.16. The average Bonchev–Trinajstić information content (AvgIpc) is 2.53. The van der Waals surface area contributed by atoms with Crippen molar-refractivity contribution >= 4 is 17.8 Å². The standard InChI is InChI=1S/C17H14O5/c1-22-13-6-2-11(3-7-13)4-8-15(18)14-10-12(17(20)21)5-9-16(14)19/h2-10,19H,1H3,(H,20,21)/b8-4+. The fraction of sp³-hybridized carbons (Fsp3) is 0.0588. The maximum atomic E-state index is 12.1. The van der Waals surface area contributed by atoms with E-state index in [0.717, 1.165) is 11.6 Å². The van der Waals surface area contributed by atoms with Crippen LogP contribution in [0.25, 0.3) is 6.08 Å². The molecule has 0 amide bonds. The van der Waals surface area contributed by atoms with Crippen molar-refractivity contribution in [3.63, 3.8) is 0 Å². The Morgan fingerprint density at radius 2 is 1.77 bits per heavy atom. The van der Waals surface area contributed by atoms with Crippen LogP contribution in [0, 0.1) is 0 Å². The van der Waals surface area contributed by atoms with E-state index in [2.05, 4.69) is 0 Å². The van der Waals surface area contributed by atoms with Gasteiger partial charge in [-0.1, -0.05) is 18.2 Å². The smallest absolute Gasteiger partial charge is 0.335 e. The van der Waals surface area contributed by atoms with E-state index in [1.807, 2.05) is 0 Å². The second kappa shape index (κ2) is 6.58. The maximum Gasteiger partial charge on any atom is 0.335 e. The number of benzene rings is 2. The molecule has 112 valence electrons. The fourth-order valence-corrected chi connectivity index (χ4v) is 1.84. The Morgan fingerprint density at radius 3 is 2.36 bits per heavy atom. The van der Waals surface area contributed by atoms with Gasteiger partial charge in [0.2, 0.25) is 0 Å². The van der Waals surface area contributed by atoms with Gasteiger partial charge in [0.05, 0.1) is 18.2 Å². The lowest BCUT2D eigenvalue weighted by atomic mass is 10.0. The molecule has 0 saturated heterocycles. The number of rotatable bonds is 5. The average molecular weight is 298 g/mol. The number of carbonyl (C=O) groups excluding carboxylic acids is 1. The third-order valence-corrected chi connectivity index (χ3v) is 3.05. The molecule has 0 aliphatic heterocycles. The molecule has 0 bridgehead atoms. The van der Waals surface area contributed by atoms with Gasteiger partial charge in [-0.3, -0.25) is 4.79 Å². The molecule has 2 N–H and O–H groups in total. The highest BCUT2D eigenvalue weighted by Gasteiger charge is 2.12. The Bertz CT molecular complexity index is 729. The predicted molar refractivity (Wildman–Crippen MR) is 81.4 cm³/mol. The van der Waals surface area contributed by atoms with Crippen molar-refractivity contribution in [3.05, 3.63) is 65.2 Å². The van der Waals surface area contributed by atoms with Crippen LogP contribution < -0.4 is 4.74 Å². The summed E-state index contributed by atoms with van der Waals surface area (Å²) in [6, 6.07) is 10.6. The maximum absolute atomic E-state index is 12.1. The van der Waals surface area contributed by atoms with Crippen LogP contribution in [0.5, 0.6) is 11.5 Å². The Hall–Kier alpha value is -3.08. The molecule has 0 fully saturated rings. The lowest BCUT2D eigenvalue weighted by Crippen LogP contribution is -2.01. The molecule has 0 aliphatic carbocycles. The first-order valence-electron chi connectivity index (χ1n) is 6.44. The number of carbonyl (C=O) groups is 2. The van der Waals surface area contributed by atoms with Gasteiger partial charge < -0.3 is 14.9 Å². The quantitative estimate of drug-likeness (QED) is 0.655. The van der Waals surface area contributed by atoms with E-state index in [0.29, 0.717) is 5.75 Å². The number of ether oxygens (including phenoxy) is 1. The molecule has 2 rings (SSSR count). The van der Waals surface area contributed by atoms with Gasteiger partial charge in [0.1, 0.15) is 11.5 Å². The zero-order chi connectivity index (χ0) is 16.1. The molecule has 5 heteroatoms. The number of hydrogen-bond donors (Lipinski definition) is 2. The van der Waals surface area contributed by atoms with Crippen molar-refractivity contribution < 1.29 is 24.5 Å². The summed E-state index contributed by atoms with van der Waals surface area (Å²) in [7, 11) is 1.56. The number of aromatic carboxylic acids is 1. The van der Waals surface area contributed by atoms with E-state index >= 15 is 0 Å². The Kier molecular flexibility index (Phi) is 4.58. The number of aromatic hydroxyl groups is 1. The predicted octanol–water partition coefficient (Wildman–Crippen LogP) is 3.00. The minimum absolute atomic E-state index is 0.0512. The van der Waals surface area contributed by atoms with Crippen molar-refractivity contribution in [2.45, 2.75) is 0 Å². The zero-order valence-electron chi connectivity index (χ0n) is 11.8. The molecule has 0 aliphatic rings. The molecule has 0 saturated carbocycles. The number of phenols is 1. The van der Waals surface area contributed by atoms with E-state index in [1.54, 1.807) is 37.5 Å². The second-order valence-corrected chi connectivity index (χ2v) is 4.51. The summed E-state index contributed by atoms with van der Waals surface area (Å²) in [4.78, 5) is 23.0.